The van der Waals surface area contributed by atoms with E-state index in [1.807, 2.05) is 0 Å². The monoisotopic (exact) mass is 251 g/mol. The fourth-order valence-corrected chi connectivity index (χ4v) is 4.49. The van der Waals surface area contributed by atoms with E-state index >= 15 is 0 Å². The van der Waals surface area contributed by atoms with Crippen LogP contribution in [0.2, 0.25) is 0 Å². The Bertz CT molecular complexity index is 281. The van der Waals surface area contributed by atoms with Crippen molar-refractivity contribution in [3.8, 4) is 0 Å². The Morgan fingerprint density at radius 3 is 2.89 bits per heavy atom. The Morgan fingerprint density at radius 2 is 2.11 bits per heavy atom. The highest BCUT2D eigenvalue weighted by atomic mass is 15.3. The molecule has 4 atom stereocenters. The molecule has 3 fully saturated rings. The first-order valence-electron chi connectivity index (χ1n) is 7.97. The predicted molar refractivity (Wildman–Crippen MR) is 75.8 cm³/mol. The topological polar surface area (TPSA) is 18.5 Å². The van der Waals surface area contributed by atoms with Gasteiger partial charge in [0.25, 0.3) is 0 Å². The average molecular weight is 251 g/mol. The molecular formula is C15H29N3. The first kappa shape index (κ1) is 12.9. The minimum Gasteiger partial charge on any atom is -0.312 e. The maximum atomic E-state index is 3.79. The minimum absolute atomic E-state index is 0.740. The molecular weight excluding hydrogens is 222 g/mol. The molecule has 0 aromatic carbocycles. The molecule has 18 heavy (non-hydrogen) atoms. The number of rotatable bonds is 3. The van der Waals surface area contributed by atoms with E-state index in [1.165, 1.54) is 58.5 Å². The smallest absolute Gasteiger partial charge is 0.0226 e. The lowest BCUT2D eigenvalue weighted by atomic mass is 9.93. The second-order valence-electron chi connectivity index (χ2n) is 6.61. The zero-order chi connectivity index (χ0) is 12.5. The highest BCUT2D eigenvalue weighted by molar-refractivity contribution is 4.96. The van der Waals surface area contributed by atoms with Crippen LogP contribution in [0.4, 0.5) is 0 Å². The van der Waals surface area contributed by atoms with Gasteiger partial charge in [-0.3, -0.25) is 9.80 Å². The number of piperazine rings is 1. The van der Waals surface area contributed by atoms with Gasteiger partial charge in [0, 0.05) is 38.3 Å². The molecule has 1 N–H and O–H groups in total. The molecule has 0 radical (unpaired) electrons. The van der Waals surface area contributed by atoms with Gasteiger partial charge in [-0.1, -0.05) is 13.3 Å². The molecule has 3 rings (SSSR count). The molecule has 2 heterocycles. The first-order valence-corrected chi connectivity index (χ1v) is 7.97. The van der Waals surface area contributed by atoms with E-state index in [9.17, 15) is 0 Å². The van der Waals surface area contributed by atoms with Gasteiger partial charge in [-0.25, -0.2) is 0 Å². The number of nitrogens with one attached hydrogen (secondary N) is 1. The molecule has 0 bridgehead atoms. The minimum atomic E-state index is 0.740. The Morgan fingerprint density at radius 1 is 1.22 bits per heavy atom. The van der Waals surface area contributed by atoms with Crippen molar-refractivity contribution in [3.63, 3.8) is 0 Å². The summed E-state index contributed by atoms with van der Waals surface area (Å²) in [5, 5.41) is 3.79. The first-order chi connectivity index (χ1) is 8.78. The Hall–Kier alpha value is -0.120. The van der Waals surface area contributed by atoms with Crippen molar-refractivity contribution in [1.82, 2.24) is 15.1 Å². The molecule has 4 unspecified atom stereocenters. The van der Waals surface area contributed by atoms with Gasteiger partial charge >= 0.3 is 0 Å². The van der Waals surface area contributed by atoms with Crippen LogP contribution in [0.5, 0.6) is 0 Å². The number of hydrogen-bond acceptors (Lipinski definition) is 3. The largest absolute Gasteiger partial charge is 0.312 e. The van der Waals surface area contributed by atoms with Crippen molar-refractivity contribution >= 4 is 0 Å². The van der Waals surface area contributed by atoms with Crippen molar-refractivity contribution in [2.75, 3.05) is 39.3 Å². The van der Waals surface area contributed by atoms with E-state index in [-0.39, 0.29) is 0 Å². The van der Waals surface area contributed by atoms with Crippen LogP contribution in [0, 0.1) is 11.8 Å². The maximum absolute atomic E-state index is 3.79. The van der Waals surface area contributed by atoms with Gasteiger partial charge in [0.2, 0.25) is 0 Å². The number of fused-ring (bicyclic) bond motifs is 1. The Balaban J connectivity index is 1.51. The molecule has 0 spiro atoms. The average Bonchev–Trinajstić information content (AvgIpc) is 2.94. The highest BCUT2D eigenvalue weighted by Gasteiger charge is 2.39. The van der Waals surface area contributed by atoms with E-state index in [0.29, 0.717) is 0 Å². The number of nitrogens with zero attached hydrogens (tertiary/aromatic N) is 2. The SMILES string of the molecule is CCN1CCN(CC2NCC3CCCC32)CC1C. The molecule has 3 heteroatoms. The fraction of sp³-hybridized carbons (Fsp3) is 1.00. The summed E-state index contributed by atoms with van der Waals surface area (Å²) < 4.78 is 0. The fourth-order valence-electron chi connectivity index (χ4n) is 4.49. The summed E-state index contributed by atoms with van der Waals surface area (Å²) in [4.78, 5) is 5.31. The summed E-state index contributed by atoms with van der Waals surface area (Å²) in [7, 11) is 0. The predicted octanol–water partition coefficient (Wildman–Crippen LogP) is 1.40. The van der Waals surface area contributed by atoms with Crippen LogP contribution in [0.25, 0.3) is 0 Å². The Kier molecular flexibility index (Phi) is 3.92. The lowest BCUT2D eigenvalue weighted by Gasteiger charge is -2.40. The summed E-state index contributed by atoms with van der Waals surface area (Å²) in [6, 6.07) is 1.53. The second kappa shape index (κ2) is 5.48. The normalized spacial score (nSPS) is 42.3. The molecule has 0 aromatic rings. The summed E-state index contributed by atoms with van der Waals surface area (Å²) in [5.41, 5.74) is 0. The summed E-state index contributed by atoms with van der Waals surface area (Å²) in [6.07, 6.45) is 4.44. The third-order valence-corrected chi connectivity index (χ3v) is 5.59. The van der Waals surface area contributed by atoms with Crippen molar-refractivity contribution < 1.29 is 0 Å². The van der Waals surface area contributed by atoms with Gasteiger partial charge in [0.1, 0.15) is 0 Å². The summed E-state index contributed by atoms with van der Waals surface area (Å²) >= 11 is 0. The highest BCUT2D eigenvalue weighted by Crippen LogP contribution is 2.37. The molecule has 2 saturated heterocycles. The maximum Gasteiger partial charge on any atom is 0.0226 e. The molecule has 2 aliphatic heterocycles. The molecule has 3 aliphatic rings. The number of likely N-dealkylation sites (N-methyl/N-ethyl adjacent to an activating group) is 1. The van der Waals surface area contributed by atoms with E-state index in [2.05, 4.69) is 29.0 Å². The zero-order valence-electron chi connectivity index (χ0n) is 12.1. The van der Waals surface area contributed by atoms with Crippen LogP contribution in [-0.4, -0.2) is 61.2 Å². The standard InChI is InChI=1S/C15H29N3/c1-3-18-8-7-17(10-12(18)2)11-15-14-6-4-5-13(14)9-16-15/h12-16H,3-11H2,1-2H3. The number of hydrogen-bond donors (Lipinski definition) is 1. The van der Waals surface area contributed by atoms with Crippen molar-refractivity contribution in [2.24, 2.45) is 11.8 Å². The van der Waals surface area contributed by atoms with Crippen molar-refractivity contribution in [3.05, 3.63) is 0 Å². The zero-order valence-corrected chi connectivity index (χ0v) is 12.1. The van der Waals surface area contributed by atoms with Gasteiger partial charge in [0.05, 0.1) is 0 Å². The van der Waals surface area contributed by atoms with Crippen LogP contribution in [-0.2, 0) is 0 Å². The molecule has 1 saturated carbocycles. The Labute approximate surface area is 112 Å². The van der Waals surface area contributed by atoms with Crippen LogP contribution < -0.4 is 5.32 Å². The van der Waals surface area contributed by atoms with Crippen LogP contribution >= 0.6 is 0 Å². The van der Waals surface area contributed by atoms with Gasteiger partial charge in [-0.05, 0) is 44.7 Å². The van der Waals surface area contributed by atoms with Crippen molar-refractivity contribution in [2.45, 2.75) is 45.2 Å². The van der Waals surface area contributed by atoms with E-state index in [0.717, 1.165) is 23.9 Å². The molecule has 3 nitrogen and oxygen atoms in total. The molecule has 104 valence electrons. The third kappa shape index (κ3) is 2.45. The molecule has 1 aliphatic carbocycles. The summed E-state index contributed by atoms with van der Waals surface area (Å²) in [6.45, 7) is 12.3. The van der Waals surface area contributed by atoms with Crippen LogP contribution in [0.1, 0.15) is 33.1 Å². The van der Waals surface area contributed by atoms with E-state index in [4.69, 9.17) is 0 Å². The lowest BCUT2D eigenvalue weighted by Crippen LogP contribution is -2.54. The molecule has 0 aromatic heterocycles. The second-order valence-corrected chi connectivity index (χ2v) is 6.61. The van der Waals surface area contributed by atoms with Crippen LogP contribution in [0.15, 0.2) is 0 Å². The molecule has 0 amide bonds. The quantitative estimate of drug-likeness (QED) is 0.818. The van der Waals surface area contributed by atoms with Gasteiger partial charge in [-0.15, -0.1) is 0 Å². The lowest BCUT2D eigenvalue weighted by molar-refractivity contribution is 0.0786. The van der Waals surface area contributed by atoms with Crippen LogP contribution in [0.3, 0.4) is 0 Å². The van der Waals surface area contributed by atoms with E-state index in [1.54, 1.807) is 0 Å². The summed E-state index contributed by atoms with van der Waals surface area (Å²) in [5.74, 6) is 1.99. The van der Waals surface area contributed by atoms with Gasteiger partial charge in [0.15, 0.2) is 0 Å². The third-order valence-electron chi connectivity index (χ3n) is 5.59. The van der Waals surface area contributed by atoms with Gasteiger partial charge in [-0.2, -0.15) is 0 Å². The van der Waals surface area contributed by atoms with E-state index < -0.39 is 0 Å². The van der Waals surface area contributed by atoms with Crippen molar-refractivity contribution in [1.29, 1.82) is 0 Å². The van der Waals surface area contributed by atoms with Gasteiger partial charge < -0.3 is 5.32 Å².